The van der Waals surface area contributed by atoms with E-state index in [-0.39, 0.29) is 12.1 Å². The summed E-state index contributed by atoms with van der Waals surface area (Å²) in [6.45, 7) is 5.44. The van der Waals surface area contributed by atoms with Gasteiger partial charge < -0.3 is 9.84 Å². The van der Waals surface area contributed by atoms with Crippen molar-refractivity contribution in [1.82, 2.24) is 0 Å². The molecule has 0 aromatic carbocycles. The lowest BCUT2D eigenvalue weighted by Gasteiger charge is -2.29. The van der Waals surface area contributed by atoms with E-state index in [1.165, 1.54) is 0 Å². The number of aliphatic hydroxyl groups is 1. The van der Waals surface area contributed by atoms with Gasteiger partial charge in [0, 0.05) is 11.5 Å². The molecule has 0 amide bonds. The zero-order valence-electron chi connectivity index (χ0n) is 8.65. The summed E-state index contributed by atoms with van der Waals surface area (Å²) in [4.78, 5) is 11.5. The standard InChI is InChI=1S/C9H16O3S2/c1-9(2,3)8(11)12-7-5-14-13-4-6(7)10/h6-7,10H,4-5H2,1-3H3/t6-,7-/m0/s1. The normalized spacial score (nSPS) is 28.6. The fraction of sp³-hybridized carbons (Fsp3) is 0.889. The topological polar surface area (TPSA) is 46.5 Å². The number of aliphatic hydroxyl groups excluding tert-OH is 1. The van der Waals surface area contributed by atoms with Gasteiger partial charge in [0.15, 0.2) is 0 Å². The second kappa shape index (κ2) is 4.77. The molecule has 1 aliphatic rings. The molecule has 1 rings (SSSR count). The van der Waals surface area contributed by atoms with Gasteiger partial charge in [-0.15, -0.1) is 0 Å². The lowest BCUT2D eigenvalue weighted by atomic mass is 9.97. The third-order valence-corrected chi connectivity index (χ3v) is 4.28. The van der Waals surface area contributed by atoms with Crippen LogP contribution in [0.3, 0.4) is 0 Å². The molecular formula is C9H16O3S2. The molecule has 0 saturated carbocycles. The van der Waals surface area contributed by atoms with Crippen LogP contribution in [0.2, 0.25) is 0 Å². The average molecular weight is 236 g/mol. The molecule has 0 aromatic heterocycles. The molecule has 0 unspecified atom stereocenters. The molecule has 1 saturated heterocycles. The maximum Gasteiger partial charge on any atom is 0.311 e. The molecule has 0 aromatic rings. The number of hydrogen-bond acceptors (Lipinski definition) is 5. The van der Waals surface area contributed by atoms with Crippen molar-refractivity contribution in [2.75, 3.05) is 11.5 Å². The summed E-state index contributed by atoms with van der Waals surface area (Å²) in [6.07, 6.45) is -0.861. The predicted octanol–water partition coefficient (Wildman–Crippen LogP) is 1.70. The largest absolute Gasteiger partial charge is 0.458 e. The molecule has 82 valence electrons. The van der Waals surface area contributed by atoms with Gasteiger partial charge in [0.1, 0.15) is 12.2 Å². The Balaban J connectivity index is 2.46. The van der Waals surface area contributed by atoms with Crippen LogP contribution >= 0.6 is 21.6 Å². The molecule has 2 atom stereocenters. The van der Waals surface area contributed by atoms with Crippen molar-refractivity contribution in [3.63, 3.8) is 0 Å². The smallest absolute Gasteiger partial charge is 0.311 e. The van der Waals surface area contributed by atoms with E-state index in [9.17, 15) is 9.90 Å². The molecule has 3 nitrogen and oxygen atoms in total. The van der Waals surface area contributed by atoms with Crippen LogP contribution in [0.5, 0.6) is 0 Å². The fourth-order valence-electron chi connectivity index (χ4n) is 0.878. The Hall–Kier alpha value is 0.130. The predicted molar refractivity (Wildman–Crippen MR) is 60.3 cm³/mol. The van der Waals surface area contributed by atoms with E-state index in [1.807, 2.05) is 20.8 Å². The maximum atomic E-state index is 11.5. The zero-order chi connectivity index (χ0) is 10.8. The number of esters is 1. The molecule has 1 N–H and O–H groups in total. The van der Waals surface area contributed by atoms with E-state index < -0.39 is 11.5 Å². The second-order valence-electron chi connectivity index (χ2n) is 4.33. The molecule has 1 aliphatic heterocycles. The van der Waals surface area contributed by atoms with Crippen LogP contribution in [-0.2, 0) is 9.53 Å². The van der Waals surface area contributed by atoms with Crippen molar-refractivity contribution in [2.45, 2.75) is 33.0 Å². The summed E-state index contributed by atoms with van der Waals surface area (Å²) in [6, 6.07) is 0. The maximum absolute atomic E-state index is 11.5. The first-order chi connectivity index (χ1) is 6.41. The third kappa shape index (κ3) is 3.37. The summed E-state index contributed by atoms with van der Waals surface area (Å²) in [5.41, 5.74) is -0.491. The zero-order valence-corrected chi connectivity index (χ0v) is 10.3. The Morgan fingerprint density at radius 3 is 2.43 bits per heavy atom. The first kappa shape index (κ1) is 12.2. The van der Waals surface area contributed by atoms with E-state index in [0.29, 0.717) is 11.5 Å². The van der Waals surface area contributed by atoms with E-state index in [0.717, 1.165) is 0 Å². The van der Waals surface area contributed by atoms with Crippen LogP contribution in [0.15, 0.2) is 0 Å². The molecule has 0 aliphatic carbocycles. The molecule has 5 heteroatoms. The Morgan fingerprint density at radius 2 is 1.93 bits per heavy atom. The van der Waals surface area contributed by atoms with Gasteiger partial charge in [-0.3, -0.25) is 4.79 Å². The van der Waals surface area contributed by atoms with E-state index in [1.54, 1.807) is 21.6 Å². The third-order valence-electron chi connectivity index (χ3n) is 1.85. The van der Waals surface area contributed by atoms with Crippen molar-refractivity contribution in [3.8, 4) is 0 Å². The van der Waals surface area contributed by atoms with Gasteiger partial charge in [-0.25, -0.2) is 0 Å². The minimum absolute atomic E-state index is 0.242. The van der Waals surface area contributed by atoms with Gasteiger partial charge in [-0.2, -0.15) is 0 Å². The van der Waals surface area contributed by atoms with Crippen molar-refractivity contribution in [1.29, 1.82) is 0 Å². The minimum atomic E-state index is -0.521. The van der Waals surface area contributed by atoms with Crippen molar-refractivity contribution in [3.05, 3.63) is 0 Å². The van der Waals surface area contributed by atoms with Gasteiger partial charge in [0.2, 0.25) is 0 Å². The second-order valence-corrected chi connectivity index (χ2v) is 6.88. The van der Waals surface area contributed by atoms with Crippen molar-refractivity contribution in [2.24, 2.45) is 5.41 Å². The van der Waals surface area contributed by atoms with Crippen LogP contribution in [0.25, 0.3) is 0 Å². The monoisotopic (exact) mass is 236 g/mol. The number of carbonyl (C=O) groups is 1. The summed E-state index contributed by atoms with van der Waals surface area (Å²) >= 11 is 0. The number of ether oxygens (including phenoxy) is 1. The molecule has 0 bridgehead atoms. The minimum Gasteiger partial charge on any atom is -0.458 e. The molecule has 14 heavy (non-hydrogen) atoms. The summed E-state index contributed by atoms with van der Waals surface area (Å²) in [5.74, 6) is 1.06. The Morgan fingerprint density at radius 1 is 1.36 bits per heavy atom. The van der Waals surface area contributed by atoms with E-state index in [2.05, 4.69) is 0 Å². The van der Waals surface area contributed by atoms with Crippen LogP contribution in [0.1, 0.15) is 20.8 Å². The summed E-state index contributed by atoms with van der Waals surface area (Å²) in [5, 5.41) is 9.57. The van der Waals surface area contributed by atoms with Gasteiger partial charge in [0.25, 0.3) is 0 Å². The van der Waals surface area contributed by atoms with Crippen LogP contribution in [0.4, 0.5) is 0 Å². The van der Waals surface area contributed by atoms with E-state index >= 15 is 0 Å². The number of carbonyl (C=O) groups excluding carboxylic acids is 1. The highest BCUT2D eigenvalue weighted by Crippen LogP contribution is 2.32. The van der Waals surface area contributed by atoms with Crippen molar-refractivity contribution < 1.29 is 14.6 Å². The van der Waals surface area contributed by atoms with Crippen LogP contribution < -0.4 is 0 Å². The Kier molecular flexibility index (Phi) is 4.15. The molecule has 1 heterocycles. The fourth-order valence-corrected chi connectivity index (χ4v) is 3.25. The molecule has 1 fully saturated rings. The van der Waals surface area contributed by atoms with Gasteiger partial charge in [-0.1, -0.05) is 21.6 Å². The van der Waals surface area contributed by atoms with Gasteiger partial charge >= 0.3 is 5.97 Å². The quantitative estimate of drug-likeness (QED) is 0.554. The molecular weight excluding hydrogens is 220 g/mol. The number of rotatable bonds is 1. The highest BCUT2D eigenvalue weighted by atomic mass is 33.1. The summed E-state index contributed by atoms with van der Waals surface area (Å²) < 4.78 is 5.24. The molecule has 0 radical (unpaired) electrons. The van der Waals surface area contributed by atoms with E-state index in [4.69, 9.17) is 4.74 Å². The SMILES string of the molecule is CC(C)(C)C(=O)O[C@H]1CSSC[C@@H]1O. The van der Waals surface area contributed by atoms with Gasteiger partial charge in [-0.05, 0) is 20.8 Å². The van der Waals surface area contributed by atoms with Crippen LogP contribution in [-0.4, -0.2) is 34.8 Å². The highest BCUT2D eigenvalue weighted by molar-refractivity contribution is 8.76. The van der Waals surface area contributed by atoms with Crippen molar-refractivity contribution >= 4 is 27.6 Å². The average Bonchev–Trinajstić information content (AvgIpc) is 2.07. The molecule has 0 spiro atoms. The van der Waals surface area contributed by atoms with Crippen LogP contribution in [0, 0.1) is 5.41 Å². The lowest BCUT2D eigenvalue weighted by molar-refractivity contribution is -0.162. The first-order valence-corrected chi connectivity index (χ1v) is 7.03. The first-order valence-electron chi connectivity index (χ1n) is 4.55. The highest BCUT2D eigenvalue weighted by Gasteiger charge is 2.31. The summed E-state index contributed by atoms with van der Waals surface area (Å²) in [7, 11) is 3.26. The lowest BCUT2D eigenvalue weighted by Crippen LogP contribution is -2.39. The van der Waals surface area contributed by atoms with Gasteiger partial charge in [0.05, 0.1) is 5.41 Å². The Bertz CT molecular complexity index is 213. The Labute approximate surface area is 92.4 Å². The number of hydrogen-bond donors (Lipinski definition) is 1.